The minimum absolute atomic E-state index is 0.584. The topological polar surface area (TPSA) is 35.8 Å². The highest BCUT2D eigenvalue weighted by atomic mass is 16.6. The molecule has 6 aromatic carbocycles. The first-order valence-corrected chi connectivity index (χ1v) is 16.1. The van der Waals surface area contributed by atoms with E-state index in [1.54, 1.807) is 0 Å². The Balaban J connectivity index is 1.20. The number of aliphatic imine (C=N–C) groups is 1. The Bertz CT molecular complexity index is 2560. The summed E-state index contributed by atoms with van der Waals surface area (Å²) in [5, 5.41) is 4.45. The first kappa shape index (κ1) is 27.9. The summed E-state index contributed by atoms with van der Waals surface area (Å²) in [5.74, 6) is 3.26. The van der Waals surface area contributed by atoms with Crippen LogP contribution in [-0.2, 0) is 0 Å². The van der Waals surface area contributed by atoms with Crippen molar-refractivity contribution in [1.82, 2.24) is 4.57 Å². The smallest absolute Gasteiger partial charge is 0.194 e. The summed E-state index contributed by atoms with van der Waals surface area (Å²) in [6.45, 7) is 6.73. The Hall–Kier alpha value is -6.39. The van der Waals surface area contributed by atoms with Crippen LogP contribution in [0.2, 0.25) is 0 Å². The van der Waals surface area contributed by atoms with Crippen LogP contribution in [0.3, 0.4) is 0 Å². The van der Waals surface area contributed by atoms with Crippen molar-refractivity contribution >= 4 is 49.7 Å². The van der Waals surface area contributed by atoms with Gasteiger partial charge in [-0.05, 0) is 82.4 Å². The van der Waals surface area contributed by atoms with Crippen molar-refractivity contribution in [2.75, 3.05) is 0 Å². The van der Waals surface area contributed by atoms with Crippen molar-refractivity contribution < 1.29 is 9.47 Å². The summed E-state index contributed by atoms with van der Waals surface area (Å²) in [4.78, 5) is 5.24. The Labute approximate surface area is 278 Å². The molecule has 0 amide bonds. The molecule has 0 radical (unpaired) electrons. The number of hydrogen-bond donors (Lipinski definition) is 0. The van der Waals surface area contributed by atoms with Gasteiger partial charge in [0.25, 0.3) is 0 Å². The minimum atomic E-state index is 0.584. The highest BCUT2D eigenvalue weighted by Gasteiger charge is 2.26. The Morgan fingerprint density at radius 3 is 2.08 bits per heavy atom. The number of hydrogen-bond acceptors (Lipinski definition) is 3. The molecule has 9 rings (SSSR count). The van der Waals surface area contributed by atoms with Crippen molar-refractivity contribution in [3.05, 3.63) is 169 Å². The highest BCUT2D eigenvalue weighted by molar-refractivity contribution is 6.19. The summed E-state index contributed by atoms with van der Waals surface area (Å²) in [5.41, 5.74) is 8.44. The quantitative estimate of drug-likeness (QED) is 0.197. The fourth-order valence-electron chi connectivity index (χ4n) is 6.81. The van der Waals surface area contributed by atoms with Crippen LogP contribution in [0, 0.1) is 0 Å². The molecule has 4 heteroatoms. The number of fused-ring (bicyclic) bond motifs is 7. The van der Waals surface area contributed by atoms with Gasteiger partial charge in [-0.25, -0.2) is 4.99 Å². The number of benzene rings is 6. The van der Waals surface area contributed by atoms with Gasteiger partial charge in [0.05, 0.1) is 11.2 Å². The molecule has 1 aliphatic carbocycles. The van der Waals surface area contributed by atoms with E-state index in [2.05, 4.69) is 127 Å². The first-order valence-electron chi connectivity index (χ1n) is 16.1. The Kier molecular flexibility index (Phi) is 6.47. The highest BCUT2D eigenvalue weighted by Crippen LogP contribution is 2.51. The molecule has 1 aliphatic heterocycles. The van der Waals surface area contributed by atoms with Crippen LogP contribution >= 0.6 is 0 Å². The van der Waals surface area contributed by atoms with E-state index >= 15 is 0 Å². The summed E-state index contributed by atoms with van der Waals surface area (Å²) < 4.78 is 15.1. The lowest BCUT2D eigenvalue weighted by Crippen LogP contribution is -2.06. The number of para-hydroxylation sites is 2. The van der Waals surface area contributed by atoms with Gasteiger partial charge in [-0.3, -0.25) is 4.57 Å². The Morgan fingerprint density at radius 2 is 1.29 bits per heavy atom. The second-order valence-corrected chi connectivity index (χ2v) is 12.1. The van der Waals surface area contributed by atoms with E-state index in [0.717, 1.165) is 49.6 Å². The normalized spacial score (nSPS) is 15.3. The number of aromatic nitrogens is 1. The van der Waals surface area contributed by atoms with E-state index in [-0.39, 0.29) is 0 Å². The summed E-state index contributed by atoms with van der Waals surface area (Å²) in [6, 6.07) is 43.9. The summed E-state index contributed by atoms with van der Waals surface area (Å²) in [6.07, 6.45) is 8.26. The molecular formula is C44H30N2O2. The molecule has 2 aliphatic rings. The van der Waals surface area contributed by atoms with Crippen LogP contribution in [0.25, 0.3) is 55.1 Å². The molecule has 0 fully saturated rings. The zero-order valence-electron chi connectivity index (χ0n) is 26.4. The lowest BCUT2D eigenvalue weighted by molar-refractivity contribution is 0.362. The Morgan fingerprint density at radius 1 is 0.625 bits per heavy atom. The van der Waals surface area contributed by atoms with E-state index in [1.165, 1.54) is 16.5 Å². The van der Waals surface area contributed by atoms with E-state index in [4.69, 9.17) is 14.5 Å². The average Bonchev–Trinajstić information content (AvgIpc) is 3.47. The predicted molar refractivity (Wildman–Crippen MR) is 199 cm³/mol. The van der Waals surface area contributed by atoms with E-state index < -0.39 is 0 Å². The van der Waals surface area contributed by atoms with Crippen molar-refractivity contribution in [3.63, 3.8) is 0 Å². The van der Waals surface area contributed by atoms with Gasteiger partial charge in [0.1, 0.15) is 11.3 Å². The van der Waals surface area contributed by atoms with Gasteiger partial charge in [-0.15, -0.1) is 0 Å². The van der Waals surface area contributed by atoms with Crippen LogP contribution in [0.4, 0.5) is 0 Å². The largest absolute Gasteiger partial charge is 0.449 e. The second kappa shape index (κ2) is 11.1. The van der Waals surface area contributed by atoms with Crippen LogP contribution in [0.15, 0.2) is 169 Å². The number of rotatable bonds is 4. The number of ether oxygens (including phenoxy) is 2. The van der Waals surface area contributed by atoms with Gasteiger partial charge in [-0.1, -0.05) is 116 Å². The average molecular weight is 619 g/mol. The molecule has 4 nitrogen and oxygen atoms in total. The zero-order chi connectivity index (χ0) is 32.2. The third kappa shape index (κ3) is 4.57. The molecule has 7 aromatic rings. The molecule has 228 valence electrons. The van der Waals surface area contributed by atoms with Crippen LogP contribution < -0.4 is 9.47 Å². The number of allylic oxidation sites excluding steroid dienone is 6. The van der Waals surface area contributed by atoms with Gasteiger partial charge in [0.2, 0.25) is 0 Å². The van der Waals surface area contributed by atoms with Crippen LogP contribution in [0.1, 0.15) is 12.5 Å². The molecule has 0 saturated carbocycles. The van der Waals surface area contributed by atoms with Gasteiger partial charge in [0, 0.05) is 16.3 Å². The van der Waals surface area contributed by atoms with Crippen LogP contribution in [-0.4, -0.2) is 10.3 Å². The first-order chi connectivity index (χ1) is 23.6. The molecule has 0 unspecified atom stereocenters. The second-order valence-electron chi connectivity index (χ2n) is 12.1. The summed E-state index contributed by atoms with van der Waals surface area (Å²) in [7, 11) is 0. The van der Waals surface area contributed by atoms with Gasteiger partial charge in [-0.2, -0.15) is 0 Å². The molecule has 2 heterocycles. The van der Waals surface area contributed by atoms with E-state index in [9.17, 15) is 0 Å². The lowest BCUT2D eigenvalue weighted by atomic mass is 9.94. The minimum Gasteiger partial charge on any atom is -0.449 e. The number of nitrogens with zero attached hydrogens (tertiary/aromatic N) is 2. The monoisotopic (exact) mass is 618 g/mol. The maximum absolute atomic E-state index is 6.59. The van der Waals surface area contributed by atoms with Crippen molar-refractivity contribution in [2.24, 2.45) is 4.99 Å². The predicted octanol–water partition coefficient (Wildman–Crippen LogP) is 12.0. The molecule has 0 bridgehead atoms. The molecule has 0 N–H and O–H groups in total. The summed E-state index contributed by atoms with van der Waals surface area (Å²) >= 11 is 0. The van der Waals surface area contributed by atoms with E-state index in [0.29, 0.717) is 28.8 Å². The standard InChI is InChI=1S/C44H30N2O2/c1-28(30-20-22-32(23-21-30)31-12-4-3-5-13-31)35-16-8-9-17-38(35)45-29(2)46-39-27-34-15-7-6-14-33(34)26-37(39)36-24-25-42-44(43(36)46)48-41-19-11-10-18-40(41)47-42/h3-27H,2H2,1H3/b35-28+,45-38-. The molecular weight excluding hydrogens is 588 g/mol. The van der Waals surface area contributed by atoms with Crippen molar-refractivity contribution in [2.45, 2.75) is 6.92 Å². The zero-order valence-corrected chi connectivity index (χ0v) is 26.4. The maximum Gasteiger partial charge on any atom is 0.194 e. The maximum atomic E-state index is 6.59. The lowest BCUT2D eigenvalue weighted by Gasteiger charge is -2.22. The van der Waals surface area contributed by atoms with Crippen molar-refractivity contribution in [1.29, 1.82) is 0 Å². The fourth-order valence-corrected chi connectivity index (χ4v) is 6.81. The van der Waals surface area contributed by atoms with Gasteiger partial charge < -0.3 is 9.47 Å². The molecule has 0 atom stereocenters. The fraction of sp³-hybridized carbons (Fsp3) is 0.0227. The SMILES string of the molecule is C=C(/N=C1/C=CC=C/C1=C(/C)c1ccc(-c2ccccc2)cc1)n1c2cc3ccccc3cc2c2ccc3c(c21)Oc1ccccc1O3. The molecule has 48 heavy (non-hydrogen) atoms. The molecule has 0 spiro atoms. The molecule has 0 saturated heterocycles. The third-order valence-electron chi connectivity index (χ3n) is 9.24. The molecule has 1 aromatic heterocycles. The van der Waals surface area contributed by atoms with E-state index in [1.807, 2.05) is 42.5 Å². The van der Waals surface area contributed by atoms with Crippen LogP contribution in [0.5, 0.6) is 23.0 Å². The van der Waals surface area contributed by atoms with Gasteiger partial charge >= 0.3 is 0 Å². The third-order valence-corrected chi connectivity index (χ3v) is 9.24. The van der Waals surface area contributed by atoms with Crippen molar-refractivity contribution in [3.8, 4) is 34.1 Å². The van der Waals surface area contributed by atoms with Gasteiger partial charge in [0.15, 0.2) is 23.0 Å².